The number of benzene rings is 6. The highest BCUT2D eigenvalue weighted by atomic mass is 31.1. The Hall–Kier alpha value is -4.59. The summed E-state index contributed by atoms with van der Waals surface area (Å²) >= 11 is 0. The van der Waals surface area contributed by atoms with E-state index in [0.717, 1.165) is 65.8 Å². The van der Waals surface area contributed by atoms with Gasteiger partial charge in [0.1, 0.15) is 34.5 Å². The highest BCUT2D eigenvalue weighted by Gasteiger charge is 2.25. The van der Waals surface area contributed by atoms with Crippen LogP contribution in [0.2, 0.25) is 0 Å². The first-order valence-electron chi connectivity index (χ1n) is 19.1. The number of hydrogen-bond donors (Lipinski definition) is 0. The fourth-order valence-corrected chi connectivity index (χ4v) is 14.9. The van der Waals surface area contributed by atoms with Crippen LogP contribution < -0.4 is 60.2 Å². The second-order valence-corrected chi connectivity index (χ2v) is 19.6. The van der Waals surface area contributed by atoms with Gasteiger partial charge in [-0.2, -0.15) is 0 Å². The molecule has 6 rings (SSSR count). The molecule has 0 fully saturated rings. The SMILES string of the molecule is CCCP(c1ccccc1OC)c1ccccc1OC.COc1ccccc1P(CCCP(c1ccccc1OC)c1ccccc1OC)c1ccccc1OC. The summed E-state index contributed by atoms with van der Waals surface area (Å²) in [5.41, 5.74) is 0. The van der Waals surface area contributed by atoms with Crippen molar-refractivity contribution in [2.24, 2.45) is 0 Å². The lowest BCUT2D eigenvalue weighted by molar-refractivity contribution is 0.417. The minimum atomic E-state index is -0.697. The van der Waals surface area contributed by atoms with Crippen LogP contribution in [0.3, 0.4) is 0 Å². The van der Waals surface area contributed by atoms with Crippen molar-refractivity contribution in [3.63, 3.8) is 0 Å². The predicted octanol–water partition coefficient (Wildman–Crippen LogP) is 9.22. The molecule has 9 heteroatoms. The average Bonchev–Trinajstić information content (AvgIpc) is 3.28. The molecule has 0 aliphatic heterocycles. The van der Waals surface area contributed by atoms with E-state index in [9.17, 15) is 0 Å². The summed E-state index contributed by atoms with van der Waals surface area (Å²) < 4.78 is 34.3. The van der Waals surface area contributed by atoms with Gasteiger partial charge in [-0.05, 0) is 85.1 Å². The standard InChI is InChI=1S/C31H34O4P2.C17H21O2P/c1-32-24-14-5-9-18-28(24)36(29-19-10-6-15-25(29)33-2)22-13-23-37(30-20-11-7-16-26(30)34-3)31-21-12-8-17-27(31)35-4;1-4-13-20(16-11-7-5-9-14(16)18-2)17-12-8-6-10-15(17)19-3/h5-12,14-21H,13,22-23H2,1-4H3;5-12H,4,13H2,1-3H3. The van der Waals surface area contributed by atoms with Crippen LogP contribution >= 0.6 is 23.8 Å². The van der Waals surface area contributed by atoms with E-state index in [1.807, 2.05) is 48.5 Å². The van der Waals surface area contributed by atoms with Crippen molar-refractivity contribution in [1.29, 1.82) is 0 Å². The Morgan fingerprint density at radius 3 is 0.684 bits per heavy atom. The topological polar surface area (TPSA) is 55.4 Å². The summed E-state index contributed by atoms with van der Waals surface area (Å²) in [6.07, 6.45) is 5.33. The molecule has 0 unspecified atom stereocenters. The second-order valence-electron chi connectivity index (χ2n) is 12.8. The molecule has 0 bridgehead atoms. The van der Waals surface area contributed by atoms with Gasteiger partial charge in [0, 0.05) is 31.8 Å². The van der Waals surface area contributed by atoms with E-state index in [0.29, 0.717) is 0 Å². The van der Waals surface area contributed by atoms with Crippen molar-refractivity contribution in [3.8, 4) is 34.5 Å². The Labute approximate surface area is 343 Å². The second kappa shape index (κ2) is 23.0. The third kappa shape index (κ3) is 11.1. The van der Waals surface area contributed by atoms with Crippen molar-refractivity contribution in [1.82, 2.24) is 0 Å². The molecule has 0 spiro atoms. The molecule has 0 atom stereocenters. The van der Waals surface area contributed by atoms with Gasteiger partial charge in [-0.3, -0.25) is 0 Å². The number of hydrogen-bond acceptors (Lipinski definition) is 6. The van der Waals surface area contributed by atoms with E-state index in [4.69, 9.17) is 28.4 Å². The van der Waals surface area contributed by atoms with E-state index in [2.05, 4.69) is 104 Å². The fraction of sp³-hybridized carbons (Fsp3) is 0.250. The first kappa shape index (κ1) is 43.5. The van der Waals surface area contributed by atoms with E-state index >= 15 is 0 Å². The number of ether oxygens (including phenoxy) is 6. The molecule has 57 heavy (non-hydrogen) atoms. The van der Waals surface area contributed by atoms with Crippen LogP contribution in [0.1, 0.15) is 19.8 Å². The van der Waals surface area contributed by atoms with Crippen molar-refractivity contribution >= 4 is 55.6 Å². The molecule has 6 aromatic rings. The first-order valence-corrected chi connectivity index (χ1v) is 23.7. The average molecular weight is 821 g/mol. The van der Waals surface area contributed by atoms with Gasteiger partial charge >= 0.3 is 0 Å². The predicted molar refractivity (Wildman–Crippen MR) is 246 cm³/mol. The monoisotopic (exact) mass is 820 g/mol. The maximum absolute atomic E-state index is 5.79. The lowest BCUT2D eigenvalue weighted by atomic mass is 10.3. The van der Waals surface area contributed by atoms with Gasteiger partial charge in [-0.15, -0.1) is 0 Å². The summed E-state index contributed by atoms with van der Waals surface area (Å²) in [7, 11) is 8.61. The van der Waals surface area contributed by atoms with Gasteiger partial charge in [-0.1, -0.05) is 123 Å². The minimum absolute atomic E-state index is 0.454. The van der Waals surface area contributed by atoms with Gasteiger partial charge < -0.3 is 28.4 Å². The molecular weight excluding hydrogens is 765 g/mol. The third-order valence-electron chi connectivity index (χ3n) is 9.47. The molecule has 0 aromatic heterocycles. The van der Waals surface area contributed by atoms with Crippen molar-refractivity contribution in [3.05, 3.63) is 146 Å². The first-order chi connectivity index (χ1) is 28.0. The quantitative estimate of drug-likeness (QED) is 0.0807. The van der Waals surface area contributed by atoms with Crippen LogP contribution in [0.4, 0.5) is 0 Å². The summed E-state index contributed by atoms with van der Waals surface area (Å²) in [4.78, 5) is 0. The van der Waals surface area contributed by atoms with Crippen molar-refractivity contribution in [2.45, 2.75) is 19.8 Å². The third-order valence-corrected chi connectivity index (χ3v) is 17.6. The van der Waals surface area contributed by atoms with Gasteiger partial charge in [0.25, 0.3) is 0 Å². The van der Waals surface area contributed by atoms with Crippen molar-refractivity contribution in [2.75, 3.05) is 61.1 Å². The van der Waals surface area contributed by atoms with Crippen LogP contribution in [0.15, 0.2) is 146 Å². The zero-order chi connectivity index (χ0) is 40.4. The van der Waals surface area contributed by atoms with Crippen LogP contribution in [0.25, 0.3) is 0 Å². The number of para-hydroxylation sites is 6. The van der Waals surface area contributed by atoms with Gasteiger partial charge in [0.2, 0.25) is 0 Å². The molecule has 0 heterocycles. The molecule has 0 amide bonds. The molecule has 0 aliphatic carbocycles. The molecule has 0 radical (unpaired) electrons. The Bertz CT molecular complexity index is 1880. The summed E-state index contributed by atoms with van der Waals surface area (Å²) in [6, 6.07) is 50.1. The van der Waals surface area contributed by atoms with E-state index in [1.165, 1.54) is 31.8 Å². The zero-order valence-corrected chi connectivity index (χ0v) is 36.9. The van der Waals surface area contributed by atoms with Crippen LogP contribution in [-0.4, -0.2) is 61.1 Å². The van der Waals surface area contributed by atoms with Crippen LogP contribution in [0.5, 0.6) is 34.5 Å². The van der Waals surface area contributed by atoms with E-state index in [-0.39, 0.29) is 0 Å². The smallest absolute Gasteiger partial charge is 0.126 e. The molecular formula is C48H55O6P3. The Morgan fingerprint density at radius 1 is 0.298 bits per heavy atom. The fourth-order valence-electron chi connectivity index (χ4n) is 6.84. The molecule has 0 saturated heterocycles. The Morgan fingerprint density at radius 2 is 0.491 bits per heavy atom. The van der Waals surface area contributed by atoms with Crippen molar-refractivity contribution < 1.29 is 28.4 Å². The molecule has 6 aromatic carbocycles. The molecule has 298 valence electrons. The van der Waals surface area contributed by atoms with Gasteiger partial charge in [-0.25, -0.2) is 0 Å². The minimum Gasteiger partial charge on any atom is -0.496 e. The summed E-state index contributed by atoms with van der Waals surface area (Å²) in [5.74, 6) is 5.65. The Balaban J connectivity index is 0.000000261. The van der Waals surface area contributed by atoms with E-state index < -0.39 is 23.8 Å². The summed E-state index contributed by atoms with van der Waals surface area (Å²) in [5, 5.41) is 7.53. The maximum atomic E-state index is 5.79. The lowest BCUT2D eigenvalue weighted by Gasteiger charge is -2.26. The highest BCUT2D eigenvalue weighted by molar-refractivity contribution is 7.74. The molecule has 0 saturated carbocycles. The number of methoxy groups -OCH3 is 6. The highest BCUT2D eigenvalue weighted by Crippen LogP contribution is 2.45. The van der Waals surface area contributed by atoms with Gasteiger partial charge in [0.15, 0.2) is 0 Å². The molecule has 0 aliphatic rings. The maximum Gasteiger partial charge on any atom is 0.126 e. The van der Waals surface area contributed by atoms with Crippen LogP contribution in [0, 0.1) is 0 Å². The molecule has 0 N–H and O–H groups in total. The normalized spacial score (nSPS) is 10.8. The van der Waals surface area contributed by atoms with Gasteiger partial charge in [0.05, 0.1) is 42.7 Å². The lowest BCUT2D eigenvalue weighted by Crippen LogP contribution is -2.20. The largest absolute Gasteiger partial charge is 0.496 e. The Kier molecular flexibility index (Phi) is 17.5. The van der Waals surface area contributed by atoms with Crippen LogP contribution in [-0.2, 0) is 0 Å². The zero-order valence-electron chi connectivity index (χ0n) is 34.2. The molecule has 6 nitrogen and oxygen atoms in total. The van der Waals surface area contributed by atoms with E-state index in [1.54, 1.807) is 42.7 Å². The summed E-state index contributed by atoms with van der Waals surface area (Å²) in [6.45, 7) is 2.22. The number of rotatable bonds is 18.